The number of nitrogens with zero attached hydrogens (tertiary/aromatic N) is 1. The number of nitrogens with one attached hydrogen (secondary N) is 1. The van der Waals surface area contributed by atoms with E-state index < -0.39 is 0 Å². The topological polar surface area (TPSA) is 50.8 Å². The zero-order valence-electron chi connectivity index (χ0n) is 16.1. The number of benzene rings is 1. The lowest BCUT2D eigenvalue weighted by Crippen LogP contribution is -2.41. The number of amides is 1. The molecule has 1 aliphatic carbocycles. The van der Waals surface area contributed by atoms with Crippen molar-refractivity contribution in [3.8, 4) is 11.5 Å². The summed E-state index contributed by atoms with van der Waals surface area (Å²) in [6, 6.07) is 9.88. The summed E-state index contributed by atoms with van der Waals surface area (Å²) in [5.41, 5.74) is 1.50. The van der Waals surface area contributed by atoms with E-state index in [0.717, 1.165) is 32.4 Å². The van der Waals surface area contributed by atoms with Crippen LogP contribution in [0.3, 0.4) is 0 Å². The standard InChI is InChI=1S/C21H26N2O3S.ClH/c1-25-17-4-2-3-5-18(17)26-14-20(24)23(13-16-6-11-27-15-16)19-12-21(19)7-9-22-10-8-21;/h2-6,11,15,19,22H,7-10,12-14H2,1H3;1H. The number of carbonyl (C=O) groups excluding carboxylic acids is 1. The monoisotopic (exact) mass is 422 g/mol. The molecule has 0 bridgehead atoms. The van der Waals surface area contributed by atoms with Gasteiger partial charge >= 0.3 is 0 Å². The Labute approximate surface area is 176 Å². The third-order valence-electron chi connectivity index (χ3n) is 5.80. The van der Waals surface area contributed by atoms with Crippen molar-refractivity contribution < 1.29 is 14.3 Å². The summed E-state index contributed by atoms with van der Waals surface area (Å²) in [7, 11) is 1.61. The van der Waals surface area contributed by atoms with Crippen molar-refractivity contribution >= 4 is 29.7 Å². The normalized spacial score (nSPS) is 19.5. The Hall–Kier alpha value is -1.76. The average Bonchev–Trinajstić information content (AvgIpc) is 3.13. The molecule has 1 N–H and O–H groups in total. The van der Waals surface area contributed by atoms with E-state index in [9.17, 15) is 4.79 Å². The molecule has 28 heavy (non-hydrogen) atoms. The number of rotatable bonds is 7. The number of piperidine rings is 1. The van der Waals surface area contributed by atoms with Gasteiger partial charge in [-0.3, -0.25) is 4.79 Å². The number of thiophene rings is 1. The first-order chi connectivity index (χ1) is 13.2. The second kappa shape index (κ2) is 9.16. The summed E-state index contributed by atoms with van der Waals surface area (Å²) >= 11 is 1.67. The van der Waals surface area contributed by atoms with Crippen LogP contribution in [0.4, 0.5) is 0 Å². The molecule has 1 spiro atoms. The van der Waals surface area contributed by atoms with Gasteiger partial charge in [0.1, 0.15) is 0 Å². The number of halogens is 1. The second-order valence-corrected chi connectivity index (χ2v) is 8.21. The molecule has 7 heteroatoms. The van der Waals surface area contributed by atoms with Crippen LogP contribution >= 0.6 is 23.7 Å². The van der Waals surface area contributed by atoms with Crippen molar-refractivity contribution in [2.24, 2.45) is 5.41 Å². The first kappa shape index (κ1) is 21.0. The molecule has 5 nitrogen and oxygen atoms in total. The molecule has 1 aromatic heterocycles. The maximum absolute atomic E-state index is 13.1. The molecule has 2 aliphatic rings. The van der Waals surface area contributed by atoms with Gasteiger partial charge in [0.2, 0.25) is 0 Å². The van der Waals surface area contributed by atoms with E-state index in [-0.39, 0.29) is 24.9 Å². The van der Waals surface area contributed by atoms with Crippen LogP contribution in [0.25, 0.3) is 0 Å². The second-order valence-electron chi connectivity index (χ2n) is 7.43. The largest absolute Gasteiger partial charge is 0.493 e. The zero-order chi connectivity index (χ0) is 18.7. The lowest BCUT2D eigenvalue weighted by atomic mass is 9.93. The number of para-hydroxylation sites is 2. The molecule has 4 rings (SSSR count). The van der Waals surface area contributed by atoms with Crippen molar-refractivity contribution in [3.05, 3.63) is 46.7 Å². The fraction of sp³-hybridized carbons (Fsp3) is 0.476. The Balaban J connectivity index is 0.00000225. The van der Waals surface area contributed by atoms with E-state index in [4.69, 9.17) is 9.47 Å². The van der Waals surface area contributed by atoms with Gasteiger partial charge in [0.15, 0.2) is 18.1 Å². The first-order valence-electron chi connectivity index (χ1n) is 9.49. The number of hydrogen-bond donors (Lipinski definition) is 1. The smallest absolute Gasteiger partial charge is 0.261 e. The summed E-state index contributed by atoms with van der Waals surface area (Å²) in [4.78, 5) is 15.1. The van der Waals surface area contributed by atoms with Crippen LogP contribution in [0.15, 0.2) is 41.1 Å². The Morgan fingerprint density at radius 3 is 2.68 bits per heavy atom. The molecule has 0 radical (unpaired) electrons. The van der Waals surface area contributed by atoms with Gasteiger partial charge in [-0.1, -0.05) is 12.1 Å². The molecule has 1 amide bonds. The molecular weight excluding hydrogens is 396 g/mol. The van der Waals surface area contributed by atoms with E-state index >= 15 is 0 Å². The Morgan fingerprint density at radius 2 is 2.00 bits per heavy atom. The number of methoxy groups -OCH3 is 1. The van der Waals surface area contributed by atoms with Crippen molar-refractivity contribution in [3.63, 3.8) is 0 Å². The maximum Gasteiger partial charge on any atom is 0.261 e. The van der Waals surface area contributed by atoms with Gasteiger partial charge in [-0.25, -0.2) is 0 Å². The van der Waals surface area contributed by atoms with Gasteiger partial charge in [-0.05, 0) is 72.3 Å². The minimum Gasteiger partial charge on any atom is -0.493 e. The molecule has 2 aromatic rings. The zero-order valence-corrected chi connectivity index (χ0v) is 17.7. The van der Waals surface area contributed by atoms with Crippen LogP contribution in [0.1, 0.15) is 24.8 Å². The van der Waals surface area contributed by atoms with Crippen LogP contribution in [0, 0.1) is 5.41 Å². The molecule has 2 heterocycles. The average molecular weight is 423 g/mol. The third-order valence-corrected chi connectivity index (χ3v) is 6.53. The number of hydrogen-bond acceptors (Lipinski definition) is 5. The molecular formula is C21H27ClN2O3S. The lowest BCUT2D eigenvalue weighted by molar-refractivity contribution is -0.135. The van der Waals surface area contributed by atoms with Gasteiger partial charge in [-0.15, -0.1) is 12.4 Å². The summed E-state index contributed by atoms with van der Waals surface area (Å²) in [5, 5.41) is 7.62. The Morgan fingerprint density at radius 1 is 1.25 bits per heavy atom. The minimum atomic E-state index is 0. The lowest BCUT2D eigenvalue weighted by Gasteiger charge is -2.29. The SMILES string of the molecule is COc1ccccc1OCC(=O)N(Cc1ccsc1)C1CC12CCNCC2.Cl. The highest BCUT2D eigenvalue weighted by Gasteiger charge is 2.57. The van der Waals surface area contributed by atoms with Gasteiger partial charge in [0.05, 0.1) is 7.11 Å². The number of ether oxygens (including phenoxy) is 2. The molecule has 1 aromatic carbocycles. The van der Waals surface area contributed by atoms with Crippen LogP contribution in [-0.2, 0) is 11.3 Å². The van der Waals surface area contributed by atoms with Crippen LogP contribution in [-0.4, -0.2) is 43.7 Å². The highest BCUT2D eigenvalue weighted by Crippen LogP contribution is 2.56. The molecule has 1 aliphatic heterocycles. The maximum atomic E-state index is 13.1. The quantitative estimate of drug-likeness (QED) is 0.738. The predicted molar refractivity (Wildman–Crippen MR) is 114 cm³/mol. The first-order valence-corrected chi connectivity index (χ1v) is 10.4. The third kappa shape index (κ3) is 4.45. The fourth-order valence-electron chi connectivity index (χ4n) is 4.14. The van der Waals surface area contributed by atoms with Crippen molar-refractivity contribution in [1.82, 2.24) is 10.2 Å². The van der Waals surface area contributed by atoms with Gasteiger partial charge in [-0.2, -0.15) is 11.3 Å². The van der Waals surface area contributed by atoms with E-state index in [1.54, 1.807) is 18.4 Å². The van der Waals surface area contributed by atoms with Crippen molar-refractivity contribution in [2.75, 3.05) is 26.8 Å². The highest BCUT2D eigenvalue weighted by atomic mass is 35.5. The van der Waals surface area contributed by atoms with E-state index in [1.807, 2.05) is 29.2 Å². The van der Waals surface area contributed by atoms with E-state index in [2.05, 4.69) is 22.1 Å². The summed E-state index contributed by atoms with van der Waals surface area (Å²) < 4.78 is 11.1. The van der Waals surface area contributed by atoms with Crippen LogP contribution < -0.4 is 14.8 Å². The number of carbonyl (C=O) groups is 1. The Bertz CT molecular complexity index is 778. The van der Waals surface area contributed by atoms with Crippen LogP contribution in [0.5, 0.6) is 11.5 Å². The molecule has 1 saturated carbocycles. The summed E-state index contributed by atoms with van der Waals surface area (Å²) in [5.74, 6) is 1.31. The fourth-order valence-corrected chi connectivity index (χ4v) is 4.80. The van der Waals surface area contributed by atoms with E-state index in [0.29, 0.717) is 29.5 Å². The summed E-state index contributed by atoms with van der Waals surface area (Å²) in [6.07, 6.45) is 3.41. The van der Waals surface area contributed by atoms with Crippen molar-refractivity contribution in [2.45, 2.75) is 31.8 Å². The molecule has 1 atom stereocenters. The highest BCUT2D eigenvalue weighted by molar-refractivity contribution is 7.07. The minimum absolute atomic E-state index is 0. The van der Waals surface area contributed by atoms with Crippen molar-refractivity contribution in [1.29, 1.82) is 0 Å². The van der Waals surface area contributed by atoms with Gasteiger partial charge in [0.25, 0.3) is 5.91 Å². The van der Waals surface area contributed by atoms with Crippen LogP contribution in [0.2, 0.25) is 0 Å². The molecule has 2 fully saturated rings. The molecule has 1 unspecified atom stereocenters. The Kier molecular flexibility index (Phi) is 6.86. The molecule has 1 saturated heterocycles. The van der Waals surface area contributed by atoms with Gasteiger partial charge < -0.3 is 19.7 Å². The van der Waals surface area contributed by atoms with E-state index in [1.165, 1.54) is 5.56 Å². The van der Waals surface area contributed by atoms with Gasteiger partial charge in [0, 0.05) is 12.6 Å². The predicted octanol–water partition coefficient (Wildman–Crippen LogP) is 3.73. The molecule has 152 valence electrons. The summed E-state index contributed by atoms with van der Waals surface area (Å²) in [6.45, 7) is 2.80.